The summed E-state index contributed by atoms with van der Waals surface area (Å²) in [5.41, 5.74) is -0.613. The zero-order valence-corrected chi connectivity index (χ0v) is 11.9. The average molecular weight is 405 g/mol. The lowest BCUT2D eigenvalue weighted by molar-refractivity contribution is -0.472. The van der Waals surface area contributed by atoms with E-state index in [2.05, 4.69) is 4.74 Å². The van der Waals surface area contributed by atoms with Gasteiger partial charge in [-0.1, -0.05) is 18.2 Å². The molecule has 26 heavy (non-hydrogen) atoms. The van der Waals surface area contributed by atoms with Crippen LogP contribution in [-0.4, -0.2) is 36.1 Å². The Labute approximate surface area is 136 Å². The van der Waals surface area contributed by atoms with Crippen LogP contribution in [0.1, 0.15) is 0 Å². The number of halogens is 11. The second-order valence-corrected chi connectivity index (χ2v) is 4.60. The van der Waals surface area contributed by atoms with Crippen LogP contribution >= 0.6 is 0 Å². The van der Waals surface area contributed by atoms with Crippen LogP contribution in [0.5, 0.6) is 0 Å². The van der Waals surface area contributed by atoms with E-state index >= 15 is 0 Å². The Balaban J connectivity index is 3.27. The second kappa shape index (κ2) is 6.55. The predicted molar refractivity (Wildman–Crippen MR) is 62.0 cm³/mol. The molecule has 0 radical (unpaired) electrons. The van der Waals surface area contributed by atoms with Crippen molar-refractivity contribution < 1.29 is 57.8 Å². The molecule has 3 nitrogen and oxygen atoms in total. The Bertz CT molecular complexity index is 641. The van der Waals surface area contributed by atoms with Crippen molar-refractivity contribution in [3.63, 3.8) is 0 Å². The van der Waals surface area contributed by atoms with Gasteiger partial charge in [0, 0.05) is 5.69 Å². The molecule has 0 aliphatic carbocycles. The van der Waals surface area contributed by atoms with Gasteiger partial charge in [0.25, 0.3) is 5.91 Å². The van der Waals surface area contributed by atoms with Crippen LogP contribution < -0.4 is 5.32 Å². The Morgan fingerprint density at radius 3 is 1.62 bits per heavy atom. The molecule has 1 atom stereocenters. The molecule has 1 amide bonds. The quantitative estimate of drug-likeness (QED) is 0.724. The van der Waals surface area contributed by atoms with Crippen LogP contribution in [0.15, 0.2) is 30.3 Å². The summed E-state index contributed by atoms with van der Waals surface area (Å²) in [6.07, 6.45) is -20.9. The van der Waals surface area contributed by atoms with E-state index in [4.69, 9.17) is 0 Å². The van der Waals surface area contributed by atoms with E-state index in [1.807, 2.05) is 0 Å². The molecule has 0 saturated heterocycles. The lowest BCUT2D eigenvalue weighted by Crippen LogP contribution is -2.62. The van der Waals surface area contributed by atoms with Gasteiger partial charge in [0.05, 0.1) is 0 Å². The fourth-order valence-electron chi connectivity index (χ4n) is 1.37. The molecule has 0 aromatic heterocycles. The first-order valence-corrected chi connectivity index (χ1v) is 6.10. The largest absolute Gasteiger partial charge is 0.462 e. The van der Waals surface area contributed by atoms with Crippen molar-refractivity contribution in [2.24, 2.45) is 0 Å². The standard InChI is InChI=1S/C12H6F11NO2/c13-8(10(16,17)18,7(25)24-6-4-2-1-3-5-6)26-12(22,23)9(14,15)11(19,20)21/h1-5H,(H,24,25)/t8-/m1/s1. The van der Waals surface area contributed by atoms with Crippen molar-refractivity contribution in [1.82, 2.24) is 0 Å². The summed E-state index contributed by atoms with van der Waals surface area (Å²) in [6.45, 7) is 0. The maximum atomic E-state index is 13.9. The van der Waals surface area contributed by atoms with Crippen LogP contribution in [0.2, 0.25) is 0 Å². The number of hydrogen-bond acceptors (Lipinski definition) is 2. The predicted octanol–water partition coefficient (Wildman–Crippen LogP) is 4.66. The summed E-state index contributed by atoms with van der Waals surface area (Å²) < 4.78 is 141. The average Bonchev–Trinajstić information content (AvgIpc) is 2.45. The second-order valence-electron chi connectivity index (χ2n) is 4.60. The van der Waals surface area contributed by atoms with Gasteiger partial charge in [-0.05, 0) is 12.1 Å². The third-order valence-corrected chi connectivity index (χ3v) is 2.68. The number of para-hydroxylation sites is 1. The van der Waals surface area contributed by atoms with E-state index in [1.165, 1.54) is 6.07 Å². The third kappa shape index (κ3) is 3.99. The summed E-state index contributed by atoms with van der Waals surface area (Å²) in [7, 11) is 0. The highest BCUT2D eigenvalue weighted by Crippen LogP contribution is 2.51. The molecule has 0 unspecified atom stereocenters. The Hall–Kier alpha value is -2.12. The van der Waals surface area contributed by atoms with Crippen molar-refractivity contribution in [2.45, 2.75) is 30.2 Å². The Kier molecular flexibility index (Phi) is 5.53. The molecule has 14 heteroatoms. The third-order valence-electron chi connectivity index (χ3n) is 2.68. The fourth-order valence-corrected chi connectivity index (χ4v) is 1.37. The molecule has 1 aromatic rings. The Morgan fingerprint density at radius 2 is 1.23 bits per heavy atom. The number of carbonyl (C=O) groups excluding carboxylic acids is 1. The first kappa shape index (κ1) is 21.9. The van der Waals surface area contributed by atoms with Crippen LogP contribution in [0.3, 0.4) is 0 Å². The van der Waals surface area contributed by atoms with Gasteiger partial charge in [-0.15, -0.1) is 0 Å². The number of ether oxygens (including phenoxy) is 1. The topological polar surface area (TPSA) is 38.3 Å². The van der Waals surface area contributed by atoms with E-state index in [0.29, 0.717) is 0 Å². The fraction of sp³-hybridized carbons (Fsp3) is 0.417. The molecule has 1 aromatic carbocycles. The molecular formula is C12H6F11NO2. The smallest absolute Gasteiger partial charge is 0.321 e. The summed E-state index contributed by atoms with van der Waals surface area (Å²) in [6, 6.07) is 5.15. The van der Waals surface area contributed by atoms with Crippen molar-refractivity contribution in [3.05, 3.63) is 30.3 Å². The van der Waals surface area contributed by atoms with Crippen LogP contribution in [0, 0.1) is 0 Å². The molecule has 0 fully saturated rings. The van der Waals surface area contributed by atoms with Crippen LogP contribution in [-0.2, 0) is 9.53 Å². The van der Waals surface area contributed by atoms with Gasteiger partial charge in [0.15, 0.2) is 0 Å². The zero-order valence-electron chi connectivity index (χ0n) is 11.9. The van der Waals surface area contributed by atoms with Gasteiger partial charge in [0.2, 0.25) is 0 Å². The SMILES string of the molecule is O=C(Nc1ccccc1)[C@@](F)(OC(F)(F)C(F)(F)C(F)(F)F)C(F)(F)F. The van der Waals surface area contributed by atoms with Gasteiger partial charge in [-0.25, -0.2) is 0 Å². The number of benzene rings is 1. The van der Waals surface area contributed by atoms with Crippen molar-refractivity contribution in [2.75, 3.05) is 5.32 Å². The highest BCUT2D eigenvalue weighted by Gasteiger charge is 2.79. The van der Waals surface area contributed by atoms with Gasteiger partial charge in [-0.2, -0.15) is 48.3 Å². The highest BCUT2D eigenvalue weighted by atomic mass is 19.4. The van der Waals surface area contributed by atoms with Gasteiger partial charge in [0.1, 0.15) is 0 Å². The number of carbonyl (C=O) groups is 1. The number of rotatable bonds is 5. The van der Waals surface area contributed by atoms with Crippen molar-refractivity contribution in [1.29, 1.82) is 0 Å². The van der Waals surface area contributed by atoms with Crippen molar-refractivity contribution >= 4 is 11.6 Å². The van der Waals surface area contributed by atoms with Crippen molar-refractivity contribution in [3.8, 4) is 0 Å². The van der Waals surface area contributed by atoms with E-state index in [-0.39, 0.29) is 0 Å². The number of nitrogens with one attached hydrogen (secondary N) is 1. The van der Waals surface area contributed by atoms with Crippen LogP contribution in [0.4, 0.5) is 54.0 Å². The summed E-state index contributed by atoms with van der Waals surface area (Å²) in [4.78, 5) is 11.3. The highest BCUT2D eigenvalue weighted by molar-refractivity contribution is 5.96. The molecule has 1 N–H and O–H groups in total. The molecule has 0 heterocycles. The minimum absolute atomic E-state index is 0.613. The number of amides is 1. The minimum atomic E-state index is -7.23. The summed E-state index contributed by atoms with van der Waals surface area (Å²) >= 11 is 0. The van der Waals surface area contributed by atoms with E-state index in [9.17, 15) is 53.1 Å². The monoisotopic (exact) mass is 405 g/mol. The first-order chi connectivity index (χ1) is 11.5. The minimum Gasteiger partial charge on any atom is -0.321 e. The maximum absolute atomic E-state index is 13.9. The maximum Gasteiger partial charge on any atom is 0.462 e. The first-order valence-electron chi connectivity index (χ1n) is 6.10. The molecule has 0 bridgehead atoms. The lowest BCUT2D eigenvalue weighted by atomic mass is 10.2. The van der Waals surface area contributed by atoms with E-state index < -0.39 is 41.8 Å². The van der Waals surface area contributed by atoms with E-state index in [1.54, 1.807) is 0 Å². The van der Waals surface area contributed by atoms with Gasteiger partial charge >= 0.3 is 30.2 Å². The number of anilines is 1. The summed E-state index contributed by atoms with van der Waals surface area (Å²) in [5.74, 6) is -16.5. The van der Waals surface area contributed by atoms with E-state index in [0.717, 1.165) is 29.6 Å². The zero-order chi connectivity index (χ0) is 20.6. The molecule has 0 spiro atoms. The molecule has 0 aliphatic rings. The lowest BCUT2D eigenvalue weighted by Gasteiger charge is -2.34. The number of alkyl halides is 11. The summed E-state index contributed by atoms with van der Waals surface area (Å²) in [5, 5.41) is 1.08. The number of hydrogen-bond donors (Lipinski definition) is 1. The molecule has 0 aliphatic heterocycles. The molecule has 1 rings (SSSR count). The Morgan fingerprint density at radius 1 is 0.769 bits per heavy atom. The normalized spacial score (nSPS) is 16.1. The van der Waals surface area contributed by atoms with Crippen LogP contribution in [0.25, 0.3) is 0 Å². The molecule has 148 valence electrons. The molecular weight excluding hydrogens is 399 g/mol. The molecule has 0 saturated carbocycles. The van der Waals surface area contributed by atoms with Gasteiger partial charge < -0.3 is 5.32 Å². The van der Waals surface area contributed by atoms with Gasteiger partial charge in [-0.3, -0.25) is 9.53 Å².